The summed E-state index contributed by atoms with van der Waals surface area (Å²) in [6.45, 7) is 1.68. The first-order valence-corrected chi connectivity index (χ1v) is 6.85. The highest BCUT2D eigenvalue weighted by molar-refractivity contribution is 5.55. The average molecular weight is 286 g/mol. The van der Waals surface area contributed by atoms with E-state index < -0.39 is 0 Å². The largest absolute Gasteiger partial charge is 0.497 e. The molecule has 21 heavy (non-hydrogen) atoms. The zero-order chi connectivity index (χ0) is 14.7. The van der Waals surface area contributed by atoms with Crippen LogP contribution in [0.4, 0.5) is 11.6 Å². The maximum atomic E-state index is 5.38. The van der Waals surface area contributed by atoms with Crippen molar-refractivity contribution >= 4 is 11.6 Å². The lowest BCUT2D eigenvalue weighted by atomic mass is 10.1. The van der Waals surface area contributed by atoms with Crippen LogP contribution in [0.5, 0.6) is 11.6 Å². The molecule has 6 nitrogen and oxygen atoms in total. The minimum absolute atomic E-state index is 0.553. The molecular formula is C15H18N4O2. The summed E-state index contributed by atoms with van der Waals surface area (Å²) < 4.78 is 10.5. The molecule has 2 N–H and O–H groups in total. The van der Waals surface area contributed by atoms with Crippen molar-refractivity contribution in [1.29, 1.82) is 0 Å². The summed E-state index contributed by atoms with van der Waals surface area (Å²) in [6, 6.07) is 7.63. The van der Waals surface area contributed by atoms with Crippen LogP contribution in [-0.2, 0) is 13.0 Å². The molecule has 6 heteroatoms. The van der Waals surface area contributed by atoms with Crippen LogP contribution in [0, 0.1) is 0 Å². The third-order valence-electron chi connectivity index (χ3n) is 3.43. The summed E-state index contributed by atoms with van der Waals surface area (Å²) >= 11 is 0. The standard InChI is InChI=1S/C15H18N4O2/c1-20-11-5-3-10(4-6-11)17-15-18-13-7-8-16-9-12(13)14(19-15)21-2/h3-6,16H,7-9H2,1-2H3,(H,17,18,19). The number of hydrogen-bond acceptors (Lipinski definition) is 6. The molecule has 110 valence electrons. The van der Waals surface area contributed by atoms with Crippen molar-refractivity contribution in [2.75, 3.05) is 26.1 Å². The van der Waals surface area contributed by atoms with Gasteiger partial charge in [-0.25, -0.2) is 4.98 Å². The molecule has 1 aromatic carbocycles. The van der Waals surface area contributed by atoms with Gasteiger partial charge in [0.1, 0.15) is 5.75 Å². The SMILES string of the molecule is COc1ccc(Nc2nc3c(c(OC)n2)CNCC3)cc1. The van der Waals surface area contributed by atoms with Gasteiger partial charge in [-0.2, -0.15) is 4.98 Å². The highest BCUT2D eigenvalue weighted by Gasteiger charge is 2.18. The second-order valence-electron chi connectivity index (χ2n) is 4.76. The maximum Gasteiger partial charge on any atom is 0.230 e. The fourth-order valence-electron chi connectivity index (χ4n) is 2.34. The lowest BCUT2D eigenvalue weighted by molar-refractivity contribution is 0.386. The molecule has 1 aromatic heterocycles. The first kappa shape index (κ1) is 13.6. The molecule has 2 heterocycles. The third-order valence-corrected chi connectivity index (χ3v) is 3.43. The van der Waals surface area contributed by atoms with Crippen LogP contribution in [0.25, 0.3) is 0 Å². The summed E-state index contributed by atoms with van der Waals surface area (Å²) in [5.74, 6) is 2.00. The van der Waals surface area contributed by atoms with Crippen LogP contribution in [0.2, 0.25) is 0 Å². The molecule has 0 amide bonds. The predicted octanol–water partition coefficient (Wildman–Crippen LogP) is 1.88. The van der Waals surface area contributed by atoms with E-state index in [1.807, 2.05) is 24.3 Å². The highest BCUT2D eigenvalue weighted by Crippen LogP contribution is 2.25. The normalized spacial score (nSPS) is 13.4. The van der Waals surface area contributed by atoms with E-state index >= 15 is 0 Å². The minimum Gasteiger partial charge on any atom is -0.497 e. The highest BCUT2D eigenvalue weighted by atomic mass is 16.5. The van der Waals surface area contributed by atoms with Gasteiger partial charge in [0.2, 0.25) is 11.8 Å². The minimum atomic E-state index is 0.553. The third kappa shape index (κ3) is 2.90. The molecule has 0 fully saturated rings. The summed E-state index contributed by atoms with van der Waals surface area (Å²) in [6.07, 6.45) is 0.880. The molecule has 0 spiro atoms. The summed E-state index contributed by atoms with van der Waals surface area (Å²) in [4.78, 5) is 9.01. The van der Waals surface area contributed by atoms with Crippen LogP contribution in [-0.4, -0.2) is 30.7 Å². The number of anilines is 2. The van der Waals surface area contributed by atoms with Gasteiger partial charge < -0.3 is 20.1 Å². The fourth-order valence-corrected chi connectivity index (χ4v) is 2.34. The zero-order valence-electron chi connectivity index (χ0n) is 12.1. The molecule has 1 aliphatic heterocycles. The van der Waals surface area contributed by atoms with E-state index in [1.165, 1.54) is 0 Å². The number of nitrogens with zero attached hydrogens (tertiary/aromatic N) is 2. The number of nitrogens with one attached hydrogen (secondary N) is 2. The van der Waals surface area contributed by atoms with Crippen LogP contribution in [0.15, 0.2) is 24.3 Å². The Balaban J connectivity index is 1.87. The Bertz CT molecular complexity index is 611. The van der Waals surface area contributed by atoms with Crippen molar-refractivity contribution in [2.45, 2.75) is 13.0 Å². The number of ether oxygens (including phenoxy) is 2. The van der Waals surface area contributed by atoms with E-state index in [4.69, 9.17) is 9.47 Å². The number of hydrogen-bond donors (Lipinski definition) is 2. The summed E-state index contributed by atoms with van der Waals surface area (Å²) in [7, 11) is 3.28. The lowest BCUT2D eigenvalue weighted by Gasteiger charge is -2.19. The van der Waals surface area contributed by atoms with E-state index in [1.54, 1.807) is 14.2 Å². The molecule has 1 aliphatic rings. The monoisotopic (exact) mass is 286 g/mol. The lowest BCUT2D eigenvalue weighted by Crippen LogP contribution is -2.26. The quantitative estimate of drug-likeness (QED) is 0.894. The van der Waals surface area contributed by atoms with E-state index in [0.717, 1.165) is 42.2 Å². The van der Waals surface area contributed by atoms with Gasteiger partial charge in [-0.05, 0) is 24.3 Å². The van der Waals surface area contributed by atoms with Crippen molar-refractivity contribution in [1.82, 2.24) is 15.3 Å². The Morgan fingerprint density at radius 1 is 1.10 bits per heavy atom. The second-order valence-corrected chi connectivity index (χ2v) is 4.76. The van der Waals surface area contributed by atoms with Crippen molar-refractivity contribution in [3.8, 4) is 11.6 Å². The predicted molar refractivity (Wildman–Crippen MR) is 80.3 cm³/mol. The fraction of sp³-hybridized carbons (Fsp3) is 0.333. The zero-order valence-corrected chi connectivity index (χ0v) is 12.1. The Morgan fingerprint density at radius 3 is 2.62 bits per heavy atom. The van der Waals surface area contributed by atoms with E-state index in [0.29, 0.717) is 11.8 Å². The second kappa shape index (κ2) is 5.97. The van der Waals surface area contributed by atoms with Crippen molar-refractivity contribution in [3.05, 3.63) is 35.5 Å². The van der Waals surface area contributed by atoms with Crippen LogP contribution in [0.3, 0.4) is 0 Å². The van der Waals surface area contributed by atoms with Crippen LogP contribution >= 0.6 is 0 Å². The number of rotatable bonds is 4. The Labute approximate surface area is 123 Å². The molecule has 0 saturated heterocycles. The molecule has 0 unspecified atom stereocenters. The Morgan fingerprint density at radius 2 is 1.90 bits per heavy atom. The molecule has 0 aliphatic carbocycles. The average Bonchev–Trinajstić information content (AvgIpc) is 2.55. The molecule has 0 saturated carbocycles. The van der Waals surface area contributed by atoms with Crippen molar-refractivity contribution in [3.63, 3.8) is 0 Å². The van der Waals surface area contributed by atoms with Gasteiger partial charge in [0, 0.05) is 30.8 Å². The smallest absolute Gasteiger partial charge is 0.230 e. The summed E-state index contributed by atoms with van der Waals surface area (Å²) in [5, 5.41) is 6.51. The maximum absolute atomic E-state index is 5.38. The van der Waals surface area contributed by atoms with Crippen LogP contribution < -0.4 is 20.1 Å². The van der Waals surface area contributed by atoms with Gasteiger partial charge in [0.15, 0.2) is 0 Å². The molecule has 0 atom stereocenters. The molecular weight excluding hydrogens is 268 g/mol. The number of fused-ring (bicyclic) bond motifs is 1. The van der Waals surface area contributed by atoms with Gasteiger partial charge in [0.05, 0.1) is 19.9 Å². The number of benzene rings is 1. The Hall–Kier alpha value is -2.34. The van der Waals surface area contributed by atoms with E-state index in [2.05, 4.69) is 20.6 Å². The van der Waals surface area contributed by atoms with Crippen LogP contribution in [0.1, 0.15) is 11.3 Å². The van der Waals surface area contributed by atoms with Gasteiger partial charge in [-0.1, -0.05) is 0 Å². The van der Waals surface area contributed by atoms with Gasteiger partial charge in [0.25, 0.3) is 0 Å². The Kier molecular flexibility index (Phi) is 3.87. The van der Waals surface area contributed by atoms with Gasteiger partial charge in [-0.15, -0.1) is 0 Å². The number of aromatic nitrogens is 2. The first-order valence-electron chi connectivity index (χ1n) is 6.85. The molecule has 3 rings (SSSR count). The molecule has 0 bridgehead atoms. The molecule has 0 radical (unpaired) electrons. The van der Waals surface area contributed by atoms with E-state index in [9.17, 15) is 0 Å². The summed E-state index contributed by atoms with van der Waals surface area (Å²) in [5.41, 5.74) is 2.99. The van der Waals surface area contributed by atoms with E-state index in [-0.39, 0.29) is 0 Å². The van der Waals surface area contributed by atoms with Crippen molar-refractivity contribution in [2.24, 2.45) is 0 Å². The number of methoxy groups -OCH3 is 2. The van der Waals surface area contributed by atoms with Gasteiger partial charge >= 0.3 is 0 Å². The molecule has 2 aromatic rings. The topological polar surface area (TPSA) is 68.3 Å². The first-order chi connectivity index (χ1) is 10.3. The van der Waals surface area contributed by atoms with Gasteiger partial charge in [-0.3, -0.25) is 0 Å². The van der Waals surface area contributed by atoms with Crippen molar-refractivity contribution < 1.29 is 9.47 Å².